The lowest BCUT2D eigenvalue weighted by Gasteiger charge is -2.39. The second kappa shape index (κ2) is 9.85. The molecule has 1 aromatic heterocycles. The Bertz CT molecular complexity index is 1020. The molecule has 2 aliphatic heterocycles. The van der Waals surface area contributed by atoms with E-state index in [2.05, 4.69) is 5.10 Å². The quantitative estimate of drug-likeness (QED) is 0.680. The van der Waals surface area contributed by atoms with Crippen molar-refractivity contribution >= 4 is 23.4 Å². The molecular formula is C25H33ClN4O3. The summed E-state index contributed by atoms with van der Waals surface area (Å²) < 4.78 is 7.61. The van der Waals surface area contributed by atoms with Gasteiger partial charge in [-0.15, -0.1) is 0 Å². The largest absolute Gasteiger partial charge is 0.372 e. The lowest BCUT2D eigenvalue weighted by molar-refractivity contribution is -0.148. The van der Waals surface area contributed by atoms with E-state index in [4.69, 9.17) is 16.3 Å². The highest BCUT2D eigenvalue weighted by Crippen LogP contribution is 2.25. The molecule has 0 aliphatic carbocycles. The first kappa shape index (κ1) is 23.8. The van der Waals surface area contributed by atoms with Crippen LogP contribution in [0.1, 0.15) is 54.0 Å². The van der Waals surface area contributed by atoms with Crippen LogP contribution in [0.25, 0.3) is 0 Å². The van der Waals surface area contributed by atoms with Gasteiger partial charge in [0.2, 0.25) is 5.91 Å². The number of aryl methyl sites for hydroxylation is 1. The molecule has 178 valence electrons. The van der Waals surface area contributed by atoms with Gasteiger partial charge < -0.3 is 14.5 Å². The molecular weight excluding hydrogens is 440 g/mol. The number of aromatic nitrogens is 2. The molecule has 33 heavy (non-hydrogen) atoms. The van der Waals surface area contributed by atoms with Gasteiger partial charge in [0.25, 0.3) is 5.91 Å². The Kier molecular flexibility index (Phi) is 7.10. The van der Waals surface area contributed by atoms with E-state index in [1.165, 1.54) is 0 Å². The van der Waals surface area contributed by atoms with Crippen LogP contribution in [0.15, 0.2) is 24.3 Å². The van der Waals surface area contributed by atoms with Gasteiger partial charge in [-0.25, -0.2) is 0 Å². The van der Waals surface area contributed by atoms with Crippen LogP contribution < -0.4 is 0 Å². The van der Waals surface area contributed by atoms with Gasteiger partial charge in [0.15, 0.2) is 0 Å². The summed E-state index contributed by atoms with van der Waals surface area (Å²) in [6, 6.07) is 7.68. The van der Waals surface area contributed by atoms with Gasteiger partial charge in [0, 0.05) is 42.8 Å². The fraction of sp³-hybridized carbons (Fsp3) is 0.560. The summed E-state index contributed by atoms with van der Waals surface area (Å²) in [5.74, 6) is 0.163. The van der Waals surface area contributed by atoms with Crippen LogP contribution in [0, 0.1) is 19.8 Å². The molecule has 2 fully saturated rings. The molecule has 0 radical (unpaired) electrons. The van der Waals surface area contributed by atoms with Crippen molar-refractivity contribution in [1.82, 2.24) is 19.6 Å². The Labute approximate surface area is 200 Å². The van der Waals surface area contributed by atoms with Gasteiger partial charge in [-0.3, -0.25) is 14.3 Å². The first-order valence-electron chi connectivity index (χ1n) is 11.8. The van der Waals surface area contributed by atoms with Gasteiger partial charge in [0.05, 0.1) is 30.0 Å². The van der Waals surface area contributed by atoms with Gasteiger partial charge in [-0.2, -0.15) is 5.10 Å². The summed E-state index contributed by atoms with van der Waals surface area (Å²) in [5, 5.41) is 5.31. The average molecular weight is 473 g/mol. The minimum atomic E-state index is -0.0308. The Morgan fingerprint density at radius 3 is 2.33 bits per heavy atom. The molecule has 2 aliphatic rings. The minimum Gasteiger partial charge on any atom is -0.372 e. The summed E-state index contributed by atoms with van der Waals surface area (Å²) in [4.78, 5) is 30.2. The third-order valence-electron chi connectivity index (χ3n) is 6.74. The number of hydrogen-bond acceptors (Lipinski definition) is 4. The van der Waals surface area contributed by atoms with Crippen LogP contribution in [0.4, 0.5) is 0 Å². The summed E-state index contributed by atoms with van der Waals surface area (Å²) in [5.41, 5.74) is 3.18. The molecule has 2 atom stereocenters. The van der Waals surface area contributed by atoms with E-state index >= 15 is 0 Å². The molecule has 1 aromatic carbocycles. The van der Waals surface area contributed by atoms with Crippen molar-refractivity contribution in [2.45, 2.75) is 59.3 Å². The minimum absolute atomic E-state index is 0.00470. The van der Waals surface area contributed by atoms with Crippen LogP contribution in [0.3, 0.4) is 0 Å². The van der Waals surface area contributed by atoms with E-state index in [0.717, 1.165) is 17.0 Å². The first-order chi connectivity index (χ1) is 15.7. The zero-order valence-electron chi connectivity index (χ0n) is 19.9. The van der Waals surface area contributed by atoms with Crippen molar-refractivity contribution in [3.05, 3.63) is 51.8 Å². The fourth-order valence-electron chi connectivity index (χ4n) is 5.05. The molecule has 8 heteroatoms. The summed E-state index contributed by atoms with van der Waals surface area (Å²) in [6.45, 7) is 10.8. The highest BCUT2D eigenvalue weighted by Gasteiger charge is 2.34. The molecule has 2 unspecified atom stereocenters. The number of nitrogens with zero attached hydrogens (tertiary/aromatic N) is 4. The highest BCUT2D eigenvalue weighted by atomic mass is 35.5. The molecule has 4 rings (SSSR count). The van der Waals surface area contributed by atoms with Crippen molar-refractivity contribution in [2.24, 2.45) is 5.92 Å². The van der Waals surface area contributed by atoms with E-state index in [1.807, 2.05) is 66.4 Å². The van der Waals surface area contributed by atoms with Crippen LogP contribution in [-0.4, -0.2) is 69.8 Å². The fourth-order valence-corrected chi connectivity index (χ4v) is 5.25. The smallest absolute Gasteiger partial charge is 0.257 e. The first-order valence-corrected chi connectivity index (χ1v) is 12.1. The monoisotopic (exact) mass is 472 g/mol. The normalized spacial score (nSPS) is 22.0. The average Bonchev–Trinajstić information content (AvgIpc) is 3.06. The number of halogens is 1. The molecule has 2 saturated heterocycles. The molecule has 0 saturated carbocycles. The predicted octanol–water partition coefficient (Wildman–Crippen LogP) is 3.69. The van der Waals surface area contributed by atoms with Gasteiger partial charge >= 0.3 is 0 Å². The number of ether oxygens (including phenoxy) is 1. The van der Waals surface area contributed by atoms with Crippen molar-refractivity contribution < 1.29 is 14.3 Å². The molecule has 7 nitrogen and oxygen atoms in total. The van der Waals surface area contributed by atoms with E-state index in [0.29, 0.717) is 56.2 Å². The topological polar surface area (TPSA) is 67.7 Å². The van der Waals surface area contributed by atoms with Crippen molar-refractivity contribution in [1.29, 1.82) is 0 Å². The van der Waals surface area contributed by atoms with Crippen LogP contribution in [0.5, 0.6) is 0 Å². The van der Waals surface area contributed by atoms with Crippen LogP contribution >= 0.6 is 11.6 Å². The maximum absolute atomic E-state index is 13.4. The van der Waals surface area contributed by atoms with Crippen LogP contribution in [0.2, 0.25) is 5.02 Å². The molecule has 0 spiro atoms. The van der Waals surface area contributed by atoms with Gasteiger partial charge in [-0.05, 0) is 52.2 Å². The third-order valence-corrected chi connectivity index (χ3v) is 7.10. The van der Waals surface area contributed by atoms with E-state index in [1.54, 1.807) is 0 Å². The molecule has 0 bridgehead atoms. The number of carbonyl (C=O) groups excluding carboxylic acids is 2. The second-order valence-corrected chi connectivity index (χ2v) is 9.77. The van der Waals surface area contributed by atoms with Crippen molar-refractivity contribution in [3.8, 4) is 0 Å². The SMILES string of the molecule is Cc1nn(Cc2ccccc2Cl)c(C)c1C(=O)N1CCC(C(=O)N2CC(C)OC(C)C2)CC1. The number of hydrogen-bond donors (Lipinski definition) is 0. The zero-order chi connectivity index (χ0) is 23.7. The molecule has 3 heterocycles. The number of rotatable bonds is 4. The molecule has 2 aromatic rings. The third kappa shape index (κ3) is 5.09. The number of carbonyl (C=O) groups is 2. The van der Waals surface area contributed by atoms with Crippen molar-refractivity contribution in [3.63, 3.8) is 0 Å². The number of amides is 2. The Morgan fingerprint density at radius 1 is 1.06 bits per heavy atom. The number of benzene rings is 1. The van der Waals surface area contributed by atoms with Gasteiger partial charge in [0.1, 0.15) is 0 Å². The highest BCUT2D eigenvalue weighted by molar-refractivity contribution is 6.31. The lowest BCUT2D eigenvalue weighted by atomic mass is 9.94. The second-order valence-electron chi connectivity index (χ2n) is 9.36. The van der Waals surface area contributed by atoms with Crippen LogP contribution in [-0.2, 0) is 16.1 Å². The Balaban J connectivity index is 1.40. The summed E-state index contributed by atoms with van der Waals surface area (Å²) in [7, 11) is 0. The lowest BCUT2D eigenvalue weighted by Crippen LogP contribution is -2.51. The van der Waals surface area contributed by atoms with E-state index < -0.39 is 0 Å². The zero-order valence-corrected chi connectivity index (χ0v) is 20.6. The van der Waals surface area contributed by atoms with E-state index in [9.17, 15) is 9.59 Å². The summed E-state index contributed by atoms with van der Waals surface area (Å²) in [6.07, 6.45) is 1.51. The number of morpholine rings is 1. The maximum Gasteiger partial charge on any atom is 0.257 e. The maximum atomic E-state index is 13.4. The summed E-state index contributed by atoms with van der Waals surface area (Å²) >= 11 is 6.31. The standard InChI is InChI=1S/C25H33ClN4O3/c1-16-13-29(14-17(2)33-16)24(31)20-9-11-28(12-10-20)25(32)23-18(3)27-30(19(23)4)15-21-7-5-6-8-22(21)26/h5-8,16-17,20H,9-15H2,1-4H3. The Morgan fingerprint density at radius 2 is 1.70 bits per heavy atom. The predicted molar refractivity (Wildman–Crippen MR) is 127 cm³/mol. The molecule has 0 N–H and O–H groups in total. The van der Waals surface area contributed by atoms with Gasteiger partial charge in [-0.1, -0.05) is 29.8 Å². The Hall–Kier alpha value is -2.38. The number of likely N-dealkylation sites (tertiary alicyclic amines) is 1. The molecule has 2 amide bonds. The van der Waals surface area contributed by atoms with Crippen molar-refractivity contribution in [2.75, 3.05) is 26.2 Å². The number of piperidine rings is 1. The van der Waals surface area contributed by atoms with E-state index in [-0.39, 0.29) is 29.9 Å².